The van der Waals surface area contributed by atoms with Gasteiger partial charge in [0.15, 0.2) is 0 Å². The SMILES string of the molecule is N=C1C=C(OC2CC2)C(NC(=O)/C(I)=C/C=C\C(=N\O)C2CC2)=C/C1=C/N[C@H]1CC[C@@](O)(C2CC2)CC1. The number of allylic oxidation sites excluding steroid dienone is 6. The number of halogens is 1. The Hall–Kier alpha value is -2.40. The summed E-state index contributed by atoms with van der Waals surface area (Å²) in [7, 11) is 0. The van der Waals surface area contributed by atoms with Crippen molar-refractivity contribution < 1.29 is 19.8 Å². The van der Waals surface area contributed by atoms with E-state index in [1.54, 1.807) is 30.4 Å². The van der Waals surface area contributed by atoms with Crippen molar-refractivity contribution in [3.63, 3.8) is 0 Å². The molecule has 8 nitrogen and oxygen atoms in total. The first kappa shape index (κ1) is 26.2. The molecule has 0 heterocycles. The van der Waals surface area contributed by atoms with Crippen LogP contribution in [-0.4, -0.2) is 45.4 Å². The van der Waals surface area contributed by atoms with Crippen molar-refractivity contribution in [3.8, 4) is 0 Å². The second kappa shape index (κ2) is 11.1. The molecule has 0 saturated heterocycles. The monoisotopic (exact) mass is 618 g/mol. The minimum absolute atomic E-state index is 0.131. The number of nitrogens with one attached hydrogen (secondary N) is 3. The Balaban J connectivity index is 1.23. The van der Waals surface area contributed by atoms with Crippen molar-refractivity contribution in [2.45, 2.75) is 82.0 Å². The summed E-state index contributed by atoms with van der Waals surface area (Å²) in [6.07, 6.45) is 20.3. The Morgan fingerprint density at radius 1 is 1.14 bits per heavy atom. The molecule has 5 rings (SSSR count). The highest BCUT2D eigenvalue weighted by molar-refractivity contribution is 14.1. The lowest BCUT2D eigenvalue weighted by atomic mass is 9.79. The quantitative estimate of drug-likeness (QED) is 0.0603. The van der Waals surface area contributed by atoms with Crippen molar-refractivity contribution in [1.82, 2.24) is 10.6 Å². The highest BCUT2D eigenvalue weighted by Gasteiger charge is 2.45. The summed E-state index contributed by atoms with van der Waals surface area (Å²) in [5.74, 6) is 1.03. The lowest BCUT2D eigenvalue weighted by molar-refractivity contribution is -0.116. The first-order valence-corrected chi connectivity index (χ1v) is 14.4. The molecule has 0 aliphatic heterocycles. The fourth-order valence-corrected chi connectivity index (χ4v) is 5.26. The van der Waals surface area contributed by atoms with Gasteiger partial charge in [0.05, 0.1) is 32.4 Å². The molecule has 5 aliphatic carbocycles. The fraction of sp³-hybridized carbons (Fsp3) is 0.536. The van der Waals surface area contributed by atoms with Gasteiger partial charge in [0.1, 0.15) is 5.76 Å². The lowest BCUT2D eigenvalue weighted by Gasteiger charge is -2.36. The number of nitrogens with zero attached hydrogens (tertiary/aromatic N) is 1. The highest BCUT2D eigenvalue weighted by Crippen LogP contribution is 2.47. The summed E-state index contributed by atoms with van der Waals surface area (Å²) >= 11 is 1.99. The highest BCUT2D eigenvalue weighted by atomic mass is 127. The number of ether oxygens (including phenoxy) is 1. The van der Waals surface area contributed by atoms with Gasteiger partial charge in [-0.15, -0.1) is 0 Å². The first-order valence-electron chi connectivity index (χ1n) is 13.3. The summed E-state index contributed by atoms with van der Waals surface area (Å²) in [6.45, 7) is 0. The van der Waals surface area contributed by atoms with Gasteiger partial charge in [-0.25, -0.2) is 0 Å². The third kappa shape index (κ3) is 6.93. The van der Waals surface area contributed by atoms with Crippen molar-refractivity contribution in [2.75, 3.05) is 0 Å². The van der Waals surface area contributed by atoms with Crippen molar-refractivity contribution in [1.29, 1.82) is 5.41 Å². The van der Waals surface area contributed by atoms with Crippen LogP contribution in [0.1, 0.15) is 64.2 Å². The summed E-state index contributed by atoms with van der Waals surface area (Å²) in [4.78, 5) is 12.9. The summed E-state index contributed by atoms with van der Waals surface area (Å²) in [5.41, 5.74) is 1.69. The molecule has 0 bridgehead atoms. The van der Waals surface area contributed by atoms with Gasteiger partial charge in [-0.3, -0.25) is 4.79 Å². The number of oxime groups is 1. The topological polar surface area (TPSA) is 127 Å². The van der Waals surface area contributed by atoms with Gasteiger partial charge >= 0.3 is 0 Å². The van der Waals surface area contributed by atoms with Crippen molar-refractivity contribution in [2.24, 2.45) is 17.0 Å². The minimum atomic E-state index is -0.484. The Morgan fingerprint density at radius 3 is 2.49 bits per heavy atom. The van der Waals surface area contributed by atoms with Gasteiger partial charge in [0.25, 0.3) is 5.91 Å². The average Bonchev–Trinajstić information content (AvgIpc) is 3.72. The average molecular weight is 619 g/mol. The van der Waals surface area contributed by atoms with Crippen LogP contribution in [0.5, 0.6) is 0 Å². The molecule has 9 heteroatoms. The molecule has 0 aromatic rings. The van der Waals surface area contributed by atoms with Crippen LogP contribution < -0.4 is 10.6 Å². The Morgan fingerprint density at radius 2 is 1.86 bits per heavy atom. The van der Waals surface area contributed by atoms with E-state index >= 15 is 0 Å². The predicted octanol–water partition coefficient (Wildman–Crippen LogP) is 4.76. The predicted molar refractivity (Wildman–Crippen MR) is 150 cm³/mol. The number of carbonyl (C=O) groups excluding carboxylic acids is 1. The van der Waals surface area contributed by atoms with E-state index in [0.717, 1.165) is 64.2 Å². The number of aliphatic hydroxyl groups is 1. The smallest absolute Gasteiger partial charge is 0.261 e. The van der Waals surface area contributed by atoms with Crippen molar-refractivity contribution >= 4 is 39.9 Å². The van der Waals surface area contributed by atoms with Gasteiger partial charge in [0, 0.05) is 29.8 Å². The zero-order valence-electron chi connectivity index (χ0n) is 20.9. The van der Waals surface area contributed by atoms with E-state index in [9.17, 15) is 9.90 Å². The Bertz CT molecular complexity index is 1120. The third-order valence-corrected chi connectivity index (χ3v) is 8.57. The molecule has 0 aromatic carbocycles. The van der Waals surface area contributed by atoms with Crippen LogP contribution in [-0.2, 0) is 9.53 Å². The summed E-state index contributed by atoms with van der Waals surface area (Å²) in [5, 5.41) is 38.2. The Labute approximate surface area is 231 Å². The number of hydrogen-bond acceptors (Lipinski definition) is 7. The largest absolute Gasteiger partial charge is 0.488 e. The molecule has 198 valence electrons. The van der Waals surface area contributed by atoms with Gasteiger partial charge in [0.2, 0.25) is 0 Å². The summed E-state index contributed by atoms with van der Waals surface area (Å²) < 4.78 is 6.48. The van der Waals surface area contributed by atoms with Gasteiger partial charge in [-0.1, -0.05) is 11.2 Å². The van der Waals surface area contributed by atoms with Gasteiger partial charge < -0.3 is 31.1 Å². The van der Waals surface area contributed by atoms with Crippen LogP contribution in [0, 0.1) is 17.2 Å². The van der Waals surface area contributed by atoms with E-state index in [1.807, 2.05) is 28.8 Å². The Kier molecular flexibility index (Phi) is 7.90. The number of amides is 1. The number of carbonyl (C=O) groups is 1. The molecule has 4 fully saturated rings. The van der Waals surface area contributed by atoms with Crippen LogP contribution in [0.15, 0.2) is 62.3 Å². The van der Waals surface area contributed by atoms with E-state index in [2.05, 4.69) is 15.8 Å². The second-order valence-corrected chi connectivity index (χ2v) is 12.0. The van der Waals surface area contributed by atoms with E-state index in [1.165, 1.54) is 0 Å². The molecule has 0 radical (unpaired) electrons. The van der Waals surface area contributed by atoms with E-state index in [0.29, 0.717) is 43.9 Å². The molecule has 0 spiro atoms. The molecule has 37 heavy (non-hydrogen) atoms. The van der Waals surface area contributed by atoms with Crippen molar-refractivity contribution in [3.05, 3.63) is 57.2 Å². The molecule has 4 saturated carbocycles. The molecule has 0 atom stereocenters. The minimum Gasteiger partial charge on any atom is -0.488 e. The zero-order valence-corrected chi connectivity index (χ0v) is 23.0. The molecular formula is C28H35IN4O4. The van der Waals surface area contributed by atoms with E-state index in [-0.39, 0.29) is 18.1 Å². The number of rotatable bonds is 10. The first-order chi connectivity index (χ1) is 17.8. The zero-order chi connectivity index (χ0) is 26.0. The van der Waals surface area contributed by atoms with E-state index < -0.39 is 5.60 Å². The normalized spacial score (nSPS) is 30.3. The molecule has 5 aliphatic rings. The van der Waals surface area contributed by atoms with Crippen LogP contribution in [0.2, 0.25) is 0 Å². The van der Waals surface area contributed by atoms with Crippen LogP contribution in [0.25, 0.3) is 0 Å². The maximum atomic E-state index is 12.9. The molecule has 1 amide bonds. The number of hydrogen-bond donors (Lipinski definition) is 5. The maximum Gasteiger partial charge on any atom is 0.261 e. The molecular weight excluding hydrogens is 583 g/mol. The third-order valence-electron chi connectivity index (χ3n) is 7.72. The fourth-order valence-electron chi connectivity index (χ4n) is 4.92. The summed E-state index contributed by atoms with van der Waals surface area (Å²) in [6, 6.07) is 0.262. The second-order valence-electron chi connectivity index (χ2n) is 10.8. The standard InChI is InChI=1S/C28H35IN4O4/c29-22(2-1-3-24(33-36)17-4-5-17)27(34)32-25-14-18(23(30)15-26(25)37-21-8-9-21)16-31-20-10-12-28(35,13-11-20)19-6-7-19/h1-3,14-17,19-21,30-31,35-36H,4-13H2,(H,32,34)/b3-1-,18-16-,22-2-,30-23?,33-24-/t20-,28-. The van der Waals surface area contributed by atoms with Gasteiger partial charge in [-0.05, 0) is 111 Å². The maximum absolute atomic E-state index is 12.9. The molecule has 0 unspecified atom stereocenters. The van der Waals surface area contributed by atoms with Gasteiger partial charge in [-0.2, -0.15) is 0 Å². The van der Waals surface area contributed by atoms with Crippen LogP contribution >= 0.6 is 22.6 Å². The van der Waals surface area contributed by atoms with Crippen LogP contribution in [0.4, 0.5) is 0 Å². The lowest BCUT2D eigenvalue weighted by Crippen LogP contribution is -2.41. The molecule has 0 aromatic heterocycles. The molecule has 5 N–H and O–H groups in total. The van der Waals surface area contributed by atoms with E-state index in [4.69, 9.17) is 15.4 Å². The van der Waals surface area contributed by atoms with Crippen LogP contribution in [0.3, 0.4) is 0 Å².